The van der Waals surface area contributed by atoms with Crippen molar-refractivity contribution in [1.82, 2.24) is 0 Å². The van der Waals surface area contributed by atoms with Crippen molar-refractivity contribution in [2.24, 2.45) is 0 Å². The van der Waals surface area contributed by atoms with Gasteiger partial charge in [-0.05, 0) is 29.0 Å². The van der Waals surface area contributed by atoms with Gasteiger partial charge in [-0.15, -0.1) is 11.8 Å². The van der Waals surface area contributed by atoms with E-state index >= 15 is 0 Å². The highest BCUT2D eigenvalue weighted by Gasteiger charge is 1.97. The van der Waals surface area contributed by atoms with Crippen LogP contribution in [0.15, 0.2) is 8.99 Å². The van der Waals surface area contributed by atoms with E-state index in [0.29, 0.717) is 0 Å². The molecule has 0 unspecified atom stereocenters. The zero-order chi connectivity index (χ0) is 4.41. The second-order valence-electron chi connectivity index (χ2n) is 1.15. The molecule has 0 N–H and O–H groups in total. The molecule has 0 saturated carbocycles. The fourth-order valence-electron chi connectivity index (χ4n) is 0.388. The van der Waals surface area contributed by atoms with Crippen LogP contribution >= 0.6 is 34.4 Å². The maximum Gasteiger partial charge on any atom is 0.0417 e. The first-order chi connectivity index (χ1) is 2.89. The average Bonchev–Trinajstić information content (AvgIpc) is 1.86. The van der Waals surface area contributed by atoms with E-state index < -0.39 is 0 Å². The minimum absolute atomic E-state index is 1.28. The fraction of sp³-hybridized carbons (Fsp3) is 0.500. The lowest BCUT2D eigenvalue weighted by atomic mass is 10.5. The number of rotatable bonds is 0. The second-order valence-corrected chi connectivity index (χ2v) is 4.18. The summed E-state index contributed by atoms with van der Waals surface area (Å²) in [5.41, 5.74) is 0. The number of allylic oxidation sites excluding steroid dienone is 1. The van der Waals surface area contributed by atoms with E-state index in [2.05, 4.69) is 28.7 Å². The van der Waals surface area contributed by atoms with Crippen LogP contribution < -0.4 is 0 Å². The molecule has 1 aliphatic rings. The lowest BCUT2D eigenvalue weighted by Gasteiger charge is -1.77. The van der Waals surface area contributed by atoms with Crippen molar-refractivity contribution >= 4 is 34.4 Å². The Hall–Kier alpha value is 0.820. The predicted octanol–water partition coefficient (Wildman–Crippen LogP) is 2.40. The third-order valence-electron chi connectivity index (χ3n) is 0.663. The maximum absolute atomic E-state index is 2.36. The van der Waals surface area contributed by atoms with Crippen molar-refractivity contribution in [2.75, 3.05) is 5.75 Å². The van der Waals surface area contributed by atoms with Gasteiger partial charge in [0.1, 0.15) is 0 Å². The number of hydrogen-bond donors (Lipinski definition) is 0. The van der Waals surface area contributed by atoms with Gasteiger partial charge in [-0.25, -0.2) is 0 Å². The zero-order valence-corrected chi connectivity index (χ0v) is 6.25. The van der Waals surface area contributed by atoms with E-state index in [1.807, 2.05) is 11.8 Å². The normalized spacial score (nSPS) is 21.2. The molecule has 34 valence electrons. The van der Waals surface area contributed by atoms with E-state index in [1.165, 1.54) is 15.1 Å². The van der Waals surface area contributed by atoms with Crippen LogP contribution in [0.1, 0.15) is 6.42 Å². The van der Waals surface area contributed by atoms with E-state index in [1.54, 1.807) is 0 Å². The van der Waals surface area contributed by atoms with E-state index in [-0.39, 0.29) is 0 Å². The topological polar surface area (TPSA) is 0 Å². The molecule has 6 heavy (non-hydrogen) atoms. The standard InChI is InChI=1S/C4H5IS/c5-4-2-1-3-6-4/h2H,1,3H2. The molecule has 0 radical (unpaired) electrons. The third kappa shape index (κ3) is 1.15. The van der Waals surface area contributed by atoms with Gasteiger partial charge in [0.2, 0.25) is 0 Å². The molecule has 0 aromatic carbocycles. The Morgan fingerprint density at radius 1 is 1.83 bits per heavy atom. The first-order valence-electron chi connectivity index (χ1n) is 1.88. The summed E-state index contributed by atoms with van der Waals surface area (Å²) < 4.78 is 1.47. The Bertz CT molecular complexity index is 77.6. The molecule has 0 fully saturated rings. The molecule has 0 bridgehead atoms. The Morgan fingerprint density at radius 2 is 2.67 bits per heavy atom. The molecule has 0 saturated heterocycles. The summed E-state index contributed by atoms with van der Waals surface area (Å²) >= 11 is 4.30. The Labute approximate surface area is 55.5 Å². The Kier molecular flexibility index (Phi) is 1.83. The molecule has 1 rings (SSSR count). The summed E-state index contributed by atoms with van der Waals surface area (Å²) in [6, 6.07) is 0. The molecule has 2 heteroatoms. The van der Waals surface area contributed by atoms with Gasteiger partial charge in [-0.1, -0.05) is 6.08 Å². The van der Waals surface area contributed by atoms with Gasteiger partial charge < -0.3 is 0 Å². The van der Waals surface area contributed by atoms with Crippen LogP contribution in [0.5, 0.6) is 0 Å². The minimum Gasteiger partial charge on any atom is -0.120 e. The van der Waals surface area contributed by atoms with Gasteiger partial charge in [-0.3, -0.25) is 0 Å². The third-order valence-corrected chi connectivity index (χ3v) is 2.92. The summed E-state index contributed by atoms with van der Waals surface area (Å²) in [4.78, 5) is 0. The summed E-state index contributed by atoms with van der Waals surface area (Å²) in [6.45, 7) is 0. The quantitative estimate of drug-likeness (QED) is 0.555. The summed E-state index contributed by atoms with van der Waals surface area (Å²) in [5, 5.41) is 0. The van der Waals surface area contributed by atoms with Crippen molar-refractivity contribution in [3.8, 4) is 0 Å². The molecule has 1 heterocycles. The molecule has 0 atom stereocenters. The highest BCUT2D eigenvalue weighted by molar-refractivity contribution is 14.1. The second kappa shape index (κ2) is 2.21. The largest absolute Gasteiger partial charge is 0.120 e. The number of thioether (sulfide) groups is 1. The number of hydrogen-bond acceptors (Lipinski definition) is 1. The highest BCUT2D eigenvalue weighted by Crippen LogP contribution is 2.29. The predicted molar refractivity (Wildman–Crippen MR) is 39.2 cm³/mol. The van der Waals surface area contributed by atoms with Crippen LogP contribution in [0.3, 0.4) is 0 Å². The van der Waals surface area contributed by atoms with Crippen molar-refractivity contribution < 1.29 is 0 Å². The molecular weight excluding hydrogens is 207 g/mol. The average molecular weight is 212 g/mol. The van der Waals surface area contributed by atoms with Crippen LogP contribution in [0.2, 0.25) is 0 Å². The molecule has 0 aliphatic carbocycles. The van der Waals surface area contributed by atoms with Crippen molar-refractivity contribution in [1.29, 1.82) is 0 Å². The van der Waals surface area contributed by atoms with Gasteiger partial charge in [0, 0.05) is 8.66 Å². The van der Waals surface area contributed by atoms with E-state index in [0.717, 1.165) is 0 Å². The molecule has 0 spiro atoms. The highest BCUT2D eigenvalue weighted by atomic mass is 127. The van der Waals surface area contributed by atoms with E-state index in [9.17, 15) is 0 Å². The summed E-state index contributed by atoms with van der Waals surface area (Å²) in [5.74, 6) is 1.30. The van der Waals surface area contributed by atoms with Crippen molar-refractivity contribution in [3.05, 3.63) is 8.99 Å². The smallest absolute Gasteiger partial charge is 0.0417 e. The summed E-state index contributed by atoms with van der Waals surface area (Å²) in [7, 11) is 0. The molecule has 1 aliphatic heterocycles. The van der Waals surface area contributed by atoms with Gasteiger partial charge >= 0.3 is 0 Å². The Balaban J connectivity index is 2.45. The molecule has 0 amide bonds. The minimum atomic E-state index is 1.28. The van der Waals surface area contributed by atoms with Crippen molar-refractivity contribution in [2.45, 2.75) is 6.42 Å². The maximum atomic E-state index is 2.36. The van der Waals surface area contributed by atoms with E-state index in [4.69, 9.17) is 0 Å². The van der Waals surface area contributed by atoms with Crippen LogP contribution in [0, 0.1) is 0 Å². The van der Waals surface area contributed by atoms with Crippen LogP contribution in [0.25, 0.3) is 0 Å². The van der Waals surface area contributed by atoms with Crippen molar-refractivity contribution in [3.63, 3.8) is 0 Å². The van der Waals surface area contributed by atoms with Gasteiger partial charge in [0.05, 0.1) is 0 Å². The lowest BCUT2D eigenvalue weighted by molar-refractivity contribution is 1.28. The molecule has 0 aromatic rings. The van der Waals surface area contributed by atoms with Gasteiger partial charge in [0.25, 0.3) is 0 Å². The van der Waals surface area contributed by atoms with Gasteiger partial charge in [-0.2, -0.15) is 0 Å². The first kappa shape index (κ1) is 4.97. The van der Waals surface area contributed by atoms with Crippen LogP contribution in [-0.2, 0) is 0 Å². The molecule has 0 nitrogen and oxygen atoms in total. The fourth-order valence-corrected chi connectivity index (χ4v) is 2.03. The summed E-state index contributed by atoms with van der Waals surface area (Å²) in [6.07, 6.45) is 3.55. The Morgan fingerprint density at radius 3 is 2.83 bits per heavy atom. The molecular formula is C4H5IS. The SMILES string of the molecule is IC1=CCCS1. The molecule has 0 aromatic heterocycles. The van der Waals surface area contributed by atoms with Crippen LogP contribution in [-0.4, -0.2) is 5.75 Å². The lowest BCUT2D eigenvalue weighted by Crippen LogP contribution is -1.56. The zero-order valence-electron chi connectivity index (χ0n) is 3.28. The number of halogens is 1. The monoisotopic (exact) mass is 212 g/mol. The first-order valence-corrected chi connectivity index (χ1v) is 3.94. The van der Waals surface area contributed by atoms with Crippen LogP contribution in [0.4, 0.5) is 0 Å². The van der Waals surface area contributed by atoms with Gasteiger partial charge in [0.15, 0.2) is 0 Å².